The van der Waals surface area contributed by atoms with Crippen molar-refractivity contribution in [2.45, 2.75) is 70.6 Å². The molecule has 15 heteroatoms. The molecule has 3 saturated heterocycles. The number of hydrogen-bond donors (Lipinski definition) is 3. The first-order valence-corrected chi connectivity index (χ1v) is 15.7. The summed E-state index contributed by atoms with van der Waals surface area (Å²) in [6.45, 7) is 7.23. The highest BCUT2D eigenvalue weighted by molar-refractivity contribution is 7.89. The van der Waals surface area contributed by atoms with Crippen molar-refractivity contribution in [3.05, 3.63) is 58.7 Å². The quantitative estimate of drug-likeness (QED) is 0.397. The number of benzene rings is 2. The van der Waals surface area contributed by atoms with Crippen LogP contribution in [0.25, 0.3) is 0 Å². The molecule has 11 nitrogen and oxygen atoms in total. The monoisotopic (exact) mass is 637 g/mol. The fourth-order valence-corrected chi connectivity index (χ4v) is 7.61. The number of piperidine rings is 1. The molecule has 4 amide bonds. The van der Waals surface area contributed by atoms with Gasteiger partial charge in [0.15, 0.2) is 0 Å². The molecule has 3 aliphatic rings. The number of urea groups is 1. The number of ether oxygens (including phenoxy) is 1. The van der Waals surface area contributed by atoms with Gasteiger partial charge in [-0.1, -0.05) is 12.1 Å². The first-order valence-electron chi connectivity index (χ1n) is 14.1. The molecule has 3 aliphatic heterocycles. The number of halogens is 3. The molecule has 1 spiro atoms. The van der Waals surface area contributed by atoms with Crippen molar-refractivity contribution in [3.63, 3.8) is 0 Å². The van der Waals surface area contributed by atoms with E-state index in [9.17, 15) is 36.0 Å². The van der Waals surface area contributed by atoms with Gasteiger partial charge in [0.1, 0.15) is 23.0 Å². The average molecular weight is 638 g/mol. The molecular weight excluding hydrogens is 603 g/mol. The number of imide groups is 1. The molecule has 0 saturated carbocycles. The minimum absolute atomic E-state index is 0.123. The molecule has 238 valence electrons. The average Bonchev–Trinajstić information content (AvgIpc) is 3.33. The molecule has 44 heavy (non-hydrogen) atoms. The minimum Gasteiger partial charge on any atom is -0.406 e. The van der Waals surface area contributed by atoms with E-state index < -0.39 is 45.6 Å². The third-order valence-corrected chi connectivity index (χ3v) is 10.5. The highest BCUT2D eigenvalue weighted by Gasteiger charge is 2.50. The van der Waals surface area contributed by atoms with Crippen LogP contribution in [0.1, 0.15) is 55.1 Å². The summed E-state index contributed by atoms with van der Waals surface area (Å²) < 4.78 is 69.4. The summed E-state index contributed by atoms with van der Waals surface area (Å²) in [6.07, 6.45) is -4.76. The van der Waals surface area contributed by atoms with Gasteiger partial charge in [-0.25, -0.2) is 17.5 Å². The second-order valence-corrected chi connectivity index (χ2v) is 14.0. The maximum Gasteiger partial charge on any atom is 0.573 e. The van der Waals surface area contributed by atoms with E-state index in [0.717, 1.165) is 16.7 Å². The SMILES string of the molecule is Cc1cc(N2C(=O)NC(=O)C2(C)C)cc(C)c1CCS(=O)(=O)N1CCC2(CC1)NC(c1ccc(OC(F)(F)F)cc1)NC2=O. The fraction of sp³-hybridized carbons (Fsp3) is 0.483. The molecule has 1 unspecified atom stereocenters. The highest BCUT2D eigenvalue weighted by atomic mass is 32.2. The Balaban J connectivity index is 1.20. The van der Waals surface area contributed by atoms with Crippen LogP contribution in [0.3, 0.4) is 0 Å². The Hall–Kier alpha value is -3.69. The van der Waals surface area contributed by atoms with E-state index >= 15 is 0 Å². The van der Waals surface area contributed by atoms with Gasteiger partial charge in [-0.15, -0.1) is 13.2 Å². The van der Waals surface area contributed by atoms with Gasteiger partial charge in [-0.2, -0.15) is 0 Å². The van der Waals surface area contributed by atoms with Gasteiger partial charge in [0.2, 0.25) is 15.9 Å². The smallest absolute Gasteiger partial charge is 0.406 e. The van der Waals surface area contributed by atoms with Gasteiger partial charge in [-0.05, 0) is 93.5 Å². The zero-order valence-corrected chi connectivity index (χ0v) is 25.5. The molecule has 0 aromatic heterocycles. The molecule has 0 radical (unpaired) electrons. The molecule has 3 N–H and O–H groups in total. The van der Waals surface area contributed by atoms with Crippen molar-refractivity contribution in [1.29, 1.82) is 0 Å². The number of nitrogens with one attached hydrogen (secondary N) is 3. The second kappa shape index (κ2) is 11.0. The van der Waals surface area contributed by atoms with E-state index in [0.29, 0.717) is 11.3 Å². The number of aryl methyl sites for hydroxylation is 2. The van der Waals surface area contributed by atoms with Crippen LogP contribution >= 0.6 is 0 Å². The van der Waals surface area contributed by atoms with Crippen molar-refractivity contribution >= 4 is 33.6 Å². The van der Waals surface area contributed by atoms with Crippen LogP contribution in [-0.4, -0.2) is 66.9 Å². The normalized spacial score (nSPS) is 21.9. The first-order chi connectivity index (χ1) is 20.4. The van der Waals surface area contributed by atoms with Crippen molar-refractivity contribution in [2.75, 3.05) is 23.7 Å². The van der Waals surface area contributed by atoms with Crippen LogP contribution < -0.4 is 25.6 Å². The van der Waals surface area contributed by atoms with Gasteiger partial charge in [0.05, 0.1) is 5.75 Å². The van der Waals surface area contributed by atoms with Crippen LogP contribution in [0.5, 0.6) is 5.75 Å². The lowest BCUT2D eigenvalue weighted by molar-refractivity contribution is -0.274. The maximum absolute atomic E-state index is 13.3. The van der Waals surface area contributed by atoms with Crippen molar-refractivity contribution in [2.24, 2.45) is 0 Å². The molecule has 3 heterocycles. The lowest BCUT2D eigenvalue weighted by atomic mass is 9.88. The lowest BCUT2D eigenvalue weighted by Crippen LogP contribution is -2.55. The maximum atomic E-state index is 13.3. The molecule has 2 aromatic carbocycles. The van der Waals surface area contributed by atoms with Crippen molar-refractivity contribution < 1.29 is 40.7 Å². The van der Waals surface area contributed by atoms with E-state index in [1.54, 1.807) is 26.0 Å². The number of sulfonamides is 1. The van der Waals surface area contributed by atoms with Gasteiger partial charge < -0.3 is 10.1 Å². The molecule has 1 atom stereocenters. The predicted molar refractivity (Wildman–Crippen MR) is 154 cm³/mol. The number of anilines is 1. The summed E-state index contributed by atoms with van der Waals surface area (Å²) in [4.78, 5) is 39.0. The molecule has 2 aromatic rings. The number of alkyl halides is 3. The summed E-state index contributed by atoms with van der Waals surface area (Å²) in [7, 11) is -3.68. The Morgan fingerprint density at radius 3 is 2.09 bits per heavy atom. The van der Waals surface area contributed by atoms with Gasteiger partial charge in [-0.3, -0.25) is 25.1 Å². The summed E-state index contributed by atoms with van der Waals surface area (Å²) in [5.41, 5.74) is 1.45. The summed E-state index contributed by atoms with van der Waals surface area (Å²) in [5.74, 6) is -1.22. The minimum atomic E-state index is -4.81. The number of carbonyl (C=O) groups is 3. The van der Waals surface area contributed by atoms with E-state index in [4.69, 9.17) is 0 Å². The molecule has 3 fully saturated rings. The standard InChI is InChI=1S/C29H34F3N5O6S/c1-17-15-20(37-26(40)34-24(38)27(37,3)4)16-18(2)22(17)9-14-44(41,42)36-12-10-28(11-13-36)25(39)33-23(35-28)19-5-7-21(8-6-19)43-29(30,31)32/h5-8,15-16,23,35H,9-14H2,1-4H3,(H,33,39)(H,34,38,40). The largest absolute Gasteiger partial charge is 0.573 e. The third-order valence-electron chi connectivity index (χ3n) is 8.63. The van der Waals surface area contributed by atoms with Crippen LogP contribution in [0.2, 0.25) is 0 Å². The second-order valence-electron chi connectivity index (χ2n) is 11.9. The Bertz CT molecular complexity index is 1580. The Morgan fingerprint density at radius 2 is 1.57 bits per heavy atom. The van der Waals surface area contributed by atoms with E-state index in [1.807, 2.05) is 13.8 Å². The number of nitrogens with zero attached hydrogens (tertiary/aromatic N) is 2. The number of carbonyl (C=O) groups excluding carboxylic acids is 3. The van der Waals surface area contributed by atoms with E-state index in [1.165, 1.54) is 33.5 Å². The zero-order valence-electron chi connectivity index (χ0n) is 24.7. The van der Waals surface area contributed by atoms with Crippen LogP contribution in [0, 0.1) is 13.8 Å². The van der Waals surface area contributed by atoms with Gasteiger partial charge in [0, 0.05) is 18.8 Å². The molecular formula is C29H34F3N5O6S. The fourth-order valence-electron chi connectivity index (χ4n) is 6.15. The van der Waals surface area contributed by atoms with Crippen LogP contribution in [-0.2, 0) is 26.0 Å². The first kappa shape index (κ1) is 31.7. The Morgan fingerprint density at radius 1 is 0.977 bits per heavy atom. The van der Waals surface area contributed by atoms with Gasteiger partial charge >= 0.3 is 12.4 Å². The van der Waals surface area contributed by atoms with Crippen molar-refractivity contribution in [3.8, 4) is 5.75 Å². The zero-order chi connectivity index (χ0) is 32.2. The summed E-state index contributed by atoms with van der Waals surface area (Å²) in [6, 6.07) is 8.22. The van der Waals surface area contributed by atoms with E-state index in [-0.39, 0.29) is 49.8 Å². The third kappa shape index (κ3) is 6.00. The van der Waals surface area contributed by atoms with E-state index in [2.05, 4.69) is 20.7 Å². The Kier molecular flexibility index (Phi) is 7.96. The van der Waals surface area contributed by atoms with Crippen LogP contribution in [0.4, 0.5) is 23.7 Å². The van der Waals surface area contributed by atoms with Crippen LogP contribution in [0.15, 0.2) is 36.4 Å². The summed E-state index contributed by atoms with van der Waals surface area (Å²) >= 11 is 0. The number of amides is 4. The summed E-state index contributed by atoms with van der Waals surface area (Å²) in [5, 5.41) is 8.37. The molecule has 5 rings (SSSR count). The molecule has 0 aliphatic carbocycles. The highest BCUT2D eigenvalue weighted by Crippen LogP contribution is 2.34. The Labute approximate surface area is 253 Å². The molecule has 0 bridgehead atoms. The predicted octanol–water partition coefficient (Wildman–Crippen LogP) is 3.16. The van der Waals surface area contributed by atoms with Gasteiger partial charge in [0.25, 0.3) is 5.91 Å². The lowest BCUT2D eigenvalue weighted by Gasteiger charge is -2.37. The number of hydrogen-bond acceptors (Lipinski definition) is 7. The topological polar surface area (TPSA) is 137 Å². The van der Waals surface area contributed by atoms with Crippen molar-refractivity contribution in [1.82, 2.24) is 20.3 Å². The number of rotatable bonds is 7.